The minimum atomic E-state index is -1.48. The molecule has 14 nitrogen and oxygen atoms in total. The van der Waals surface area contributed by atoms with Gasteiger partial charge in [0.25, 0.3) is 6.23 Å². The normalized spacial score (nSPS) is 17.0. The lowest BCUT2D eigenvalue weighted by Crippen LogP contribution is -2.52. The van der Waals surface area contributed by atoms with Crippen molar-refractivity contribution in [3.05, 3.63) is 0 Å². The van der Waals surface area contributed by atoms with E-state index in [-0.39, 0.29) is 32.6 Å². The lowest BCUT2D eigenvalue weighted by molar-refractivity contribution is -0.162. The number of amides is 3. The van der Waals surface area contributed by atoms with Gasteiger partial charge in [-0.2, -0.15) is 0 Å². The molecule has 2 unspecified atom stereocenters. The zero-order valence-corrected chi connectivity index (χ0v) is 17.3. The molecule has 14 heteroatoms. The summed E-state index contributed by atoms with van der Waals surface area (Å²) in [5.41, 5.74) is 0. The highest BCUT2D eigenvalue weighted by Crippen LogP contribution is 2.11. The van der Waals surface area contributed by atoms with E-state index in [0.717, 1.165) is 0 Å². The number of cyclic esters (lactones) is 1. The molecular weight excluding hydrogens is 418 g/mol. The molecule has 1 heterocycles. The number of aliphatic carboxylic acids is 2. The standard InChI is InChI=1S/C17H27N5O9/c1-3-19-15(28)10(6-11(23)18-2)20-12(24)7-21(8-13(25)26)4-5-22-9-14(27)31-16(22)17(29)30/h10,16H,3-9H2,1-2H3,(H,18,23)(H,19,28)(H,20,24)(H,25,26)(H,29,30). The van der Waals surface area contributed by atoms with Gasteiger partial charge in [-0.25, -0.2) is 9.69 Å². The van der Waals surface area contributed by atoms with Crippen LogP contribution in [-0.2, 0) is 33.5 Å². The van der Waals surface area contributed by atoms with Gasteiger partial charge in [0, 0.05) is 26.7 Å². The largest absolute Gasteiger partial charge is 0.480 e. The first kappa shape index (κ1) is 25.8. The molecule has 0 aliphatic carbocycles. The van der Waals surface area contributed by atoms with Gasteiger partial charge in [-0.1, -0.05) is 0 Å². The molecule has 3 amide bonds. The quantitative estimate of drug-likeness (QED) is 0.176. The second-order valence-electron chi connectivity index (χ2n) is 6.65. The zero-order chi connectivity index (χ0) is 23.6. The average molecular weight is 445 g/mol. The molecule has 0 aromatic carbocycles. The maximum absolute atomic E-state index is 12.4. The Morgan fingerprint density at radius 2 is 1.87 bits per heavy atom. The summed E-state index contributed by atoms with van der Waals surface area (Å²) in [5.74, 6) is -5.08. The molecule has 2 atom stereocenters. The third kappa shape index (κ3) is 8.96. The Balaban J connectivity index is 2.75. The number of hydrogen-bond acceptors (Lipinski definition) is 9. The van der Waals surface area contributed by atoms with Gasteiger partial charge in [0.05, 0.1) is 19.5 Å². The average Bonchev–Trinajstić information content (AvgIpc) is 3.06. The SMILES string of the molecule is CCNC(=O)C(CC(=O)NC)NC(=O)CN(CCN1CC(=O)OC1C(=O)O)CC(=O)O. The Kier molecular flexibility index (Phi) is 10.3. The lowest BCUT2D eigenvalue weighted by atomic mass is 10.1. The van der Waals surface area contributed by atoms with Gasteiger partial charge in [-0.05, 0) is 6.92 Å². The van der Waals surface area contributed by atoms with Gasteiger partial charge in [0.2, 0.25) is 17.7 Å². The first-order chi connectivity index (χ1) is 14.6. The third-order valence-corrected chi connectivity index (χ3v) is 4.22. The molecule has 0 aromatic heterocycles. The smallest absolute Gasteiger partial charge is 0.360 e. The van der Waals surface area contributed by atoms with E-state index >= 15 is 0 Å². The summed E-state index contributed by atoms with van der Waals surface area (Å²) in [6.45, 7) is 0.567. The molecule has 0 saturated carbocycles. The summed E-state index contributed by atoms with van der Waals surface area (Å²) in [4.78, 5) is 72.2. The Morgan fingerprint density at radius 3 is 2.42 bits per heavy atom. The van der Waals surface area contributed by atoms with E-state index in [9.17, 15) is 28.8 Å². The van der Waals surface area contributed by atoms with Crippen molar-refractivity contribution in [3.8, 4) is 0 Å². The second kappa shape index (κ2) is 12.4. The van der Waals surface area contributed by atoms with Gasteiger partial charge in [-0.15, -0.1) is 0 Å². The van der Waals surface area contributed by atoms with Crippen LogP contribution in [0.4, 0.5) is 0 Å². The van der Waals surface area contributed by atoms with E-state index in [4.69, 9.17) is 10.2 Å². The molecule has 0 aromatic rings. The summed E-state index contributed by atoms with van der Waals surface area (Å²) in [6, 6.07) is -1.15. The minimum Gasteiger partial charge on any atom is -0.480 e. The molecule has 0 radical (unpaired) electrons. The first-order valence-corrected chi connectivity index (χ1v) is 9.45. The number of ether oxygens (including phenoxy) is 1. The number of esters is 1. The number of carboxylic acids is 2. The number of nitrogens with one attached hydrogen (secondary N) is 3. The Morgan fingerprint density at radius 1 is 1.19 bits per heavy atom. The number of carboxylic acid groups (broad SMARTS) is 2. The Hall–Kier alpha value is -3.26. The zero-order valence-electron chi connectivity index (χ0n) is 17.3. The van der Waals surface area contributed by atoms with Crippen LogP contribution in [-0.4, -0.2) is 114 Å². The van der Waals surface area contributed by atoms with Gasteiger partial charge in [0.15, 0.2) is 0 Å². The van der Waals surface area contributed by atoms with Crippen molar-refractivity contribution in [1.82, 2.24) is 25.8 Å². The molecule has 0 bridgehead atoms. The second-order valence-corrected chi connectivity index (χ2v) is 6.65. The fraction of sp³-hybridized carbons (Fsp3) is 0.647. The van der Waals surface area contributed by atoms with Crippen molar-refractivity contribution in [1.29, 1.82) is 0 Å². The topological polar surface area (TPSA) is 195 Å². The first-order valence-electron chi connectivity index (χ1n) is 9.45. The van der Waals surface area contributed by atoms with Crippen LogP contribution in [0.25, 0.3) is 0 Å². The number of likely N-dealkylation sites (N-methyl/N-ethyl adjacent to an activating group) is 1. The maximum atomic E-state index is 12.4. The maximum Gasteiger partial charge on any atom is 0.360 e. The highest BCUT2D eigenvalue weighted by Gasteiger charge is 2.37. The van der Waals surface area contributed by atoms with Crippen LogP contribution >= 0.6 is 0 Å². The van der Waals surface area contributed by atoms with Crippen LogP contribution in [0.1, 0.15) is 13.3 Å². The predicted octanol–water partition coefficient (Wildman–Crippen LogP) is -3.60. The molecule has 1 fully saturated rings. The van der Waals surface area contributed by atoms with Crippen LogP contribution in [0.2, 0.25) is 0 Å². The van der Waals surface area contributed by atoms with Crippen LogP contribution in [0.3, 0.4) is 0 Å². The van der Waals surface area contributed by atoms with Gasteiger partial charge < -0.3 is 30.9 Å². The predicted molar refractivity (Wildman–Crippen MR) is 102 cm³/mol. The number of carbonyl (C=O) groups excluding carboxylic acids is 4. The highest BCUT2D eigenvalue weighted by molar-refractivity contribution is 5.92. The summed E-state index contributed by atoms with van der Waals surface area (Å²) in [6.07, 6.45) is -1.79. The number of hydrogen-bond donors (Lipinski definition) is 5. The van der Waals surface area contributed by atoms with E-state index in [1.165, 1.54) is 16.8 Å². The fourth-order valence-electron chi connectivity index (χ4n) is 2.80. The van der Waals surface area contributed by atoms with E-state index in [2.05, 4.69) is 20.7 Å². The number of nitrogens with zero attached hydrogens (tertiary/aromatic N) is 2. The molecule has 1 aliphatic rings. The van der Waals surface area contributed by atoms with Crippen molar-refractivity contribution >= 4 is 35.6 Å². The van der Waals surface area contributed by atoms with E-state index in [1.807, 2.05) is 0 Å². The van der Waals surface area contributed by atoms with Crippen molar-refractivity contribution in [3.63, 3.8) is 0 Å². The van der Waals surface area contributed by atoms with Gasteiger partial charge >= 0.3 is 17.9 Å². The van der Waals surface area contributed by atoms with E-state index in [0.29, 0.717) is 0 Å². The van der Waals surface area contributed by atoms with Crippen LogP contribution in [0.5, 0.6) is 0 Å². The molecule has 0 spiro atoms. The molecule has 1 rings (SSSR count). The van der Waals surface area contributed by atoms with Crippen LogP contribution < -0.4 is 16.0 Å². The van der Waals surface area contributed by atoms with E-state index in [1.54, 1.807) is 6.92 Å². The molecular formula is C17H27N5O9. The van der Waals surface area contributed by atoms with Gasteiger partial charge in [0.1, 0.15) is 12.6 Å². The highest BCUT2D eigenvalue weighted by atomic mass is 16.6. The van der Waals surface area contributed by atoms with Crippen molar-refractivity contribution in [2.75, 3.05) is 46.3 Å². The number of carbonyl (C=O) groups is 6. The Labute approximate surface area is 177 Å². The number of rotatable bonds is 13. The van der Waals surface area contributed by atoms with E-state index < -0.39 is 61.0 Å². The van der Waals surface area contributed by atoms with Crippen molar-refractivity contribution in [2.24, 2.45) is 0 Å². The Bertz CT molecular complexity index is 714. The molecule has 1 saturated heterocycles. The summed E-state index contributed by atoms with van der Waals surface area (Å²) < 4.78 is 4.67. The van der Waals surface area contributed by atoms with Crippen molar-refractivity contribution in [2.45, 2.75) is 25.6 Å². The molecule has 5 N–H and O–H groups in total. The summed E-state index contributed by atoms with van der Waals surface area (Å²) in [7, 11) is 1.38. The monoisotopic (exact) mass is 445 g/mol. The molecule has 1 aliphatic heterocycles. The fourth-order valence-corrected chi connectivity index (χ4v) is 2.80. The summed E-state index contributed by atoms with van der Waals surface area (Å²) >= 11 is 0. The van der Waals surface area contributed by atoms with Crippen LogP contribution in [0.15, 0.2) is 0 Å². The van der Waals surface area contributed by atoms with Gasteiger partial charge in [-0.3, -0.25) is 28.9 Å². The van der Waals surface area contributed by atoms with Crippen molar-refractivity contribution < 1.29 is 43.7 Å². The summed E-state index contributed by atoms with van der Waals surface area (Å²) in [5, 5.41) is 25.4. The lowest BCUT2D eigenvalue weighted by Gasteiger charge is -2.25. The minimum absolute atomic E-state index is 0.0543. The molecule has 174 valence electrons. The third-order valence-electron chi connectivity index (χ3n) is 4.22. The van der Waals surface area contributed by atoms with Crippen LogP contribution in [0, 0.1) is 0 Å². The molecule has 31 heavy (non-hydrogen) atoms.